The second-order valence-electron chi connectivity index (χ2n) is 6.39. The van der Waals surface area contributed by atoms with Crippen LogP contribution >= 0.6 is 11.3 Å². The van der Waals surface area contributed by atoms with E-state index in [4.69, 9.17) is 4.74 Å². The van der Waals surface area contributed by atoms with Crippen molar-refractivity contribution in [2.24, 2.45) is 5.92 Å². The van der Waals surface area contributed by atoms with E-state index in [2.05, 4.69) is 10.1 Å². The van der Waals surface area contributed by atoms with Gasteiger partial charge in [-0.3, -0.25) is 4.79 Å². The number of imidazole rings is 1. The Balaban J connectivity index is 1.77. The number of aryl methyl sites for hydroxylation is 1. The summed E-state index contributed by atoms with van der Waals surface area (Å²) in [6.07, 6.45) is -0.0822. The van der Waals surface area contributed by atoms with E-state index < -0.39 is 5.92 Å². The minimum atomic E-state index is -2.75. The van der Waals surface area contributed by atoms with Gasteiger partial charge in [0.15, 0.2) is 0 Å². The van der Waals surface area contributed by atoms with Crippen LogP contribution in [0, 0.1) is 12.8 Å². The number of ether oxygens (including phenoxy) is 1. The maximum atomic E-state index is 13.2. The van der Waals surface area contributed by atoms with Gasteiger partial charge in [-0.1, -0.05) is 11.3 Å². The molecule has 0 aliphatic carbocycles. The van der Waals surface area contributed by atoms with Gasteiger partial charge in [-0.15, -0.1) is 0 Å². The first-order valence-electron chi connectivity index (χ1n) is 7.75. The molecule has 1 saturated heterocycles. The first-order chi connectivity index (χ1) is 11.3. The van der Waals surface area contributed by atoms with Gasteiger partial charge in [0.05, 0.1) is 24.5 Å². The number of carbonyl (C=O) groups is 1. The fourth-order valence-corrected chi connectivity index (χ4v) is 4.06. The lowest BCUT2D eigenvalue weighted by molar-refractivity contribution is -0.128. The largest absolute Gasteiger partial charge is 0.377 e. The Morgan fingerprint density at radius 2 is 2.21 bits per heavy atom. The summed E-state index contributed by atoms with van der Waals surface area (Å²) in [6, 6.07) is 0. The van der Waals surface area contributed by atoms with Gasteiger partial charge in [-0.2, -0.15) is 5.10 Å². The molecule has 6 nitrogen and oxygen atoms in total. The van der Waals surface area contributed by atoms with E-state index in [0.717, 1.165) is 28.3 Å². The van der Waals surface area contributed by atoms with E-state index in [-0.39, 0.29) is 24.7 Å². The van der Waals surface area contributed by atoms with E-state index in [1.807, 2.05) is 6.92 Å². The van der Waals surface area contributed by atoms with Crippen LogP contribution < -0.4 is 0 Å². The van der Waals surface area contributed by atoms with Crippen LogP contribution in [0.5, 0.6) is 0 Å². The molecule has 1 aliphatic heterocycles. The highest BCUT2D eigenvalue weighted by Crippen LogP contribution is 2.31. The number of rotatable bonds is 6. The van der Waals surface area contributed by atoms with Crippen LogP contribution in [-0.2, 0) is 22.7 Å². The van der Waals surface area contributed by atoms with Crippen LogP contribution in [0.15, 0.2) is 0 Å². The Kier molecular flexibility index (Phi) is 4.56. The minimum Gasteiger partial charge on any atom is -0.377 e. The lowest BCUT2D eigenvalue weighted by Gasteiger charge is -2.18. The highest BCUT2D eigenvalue weighted by Gasteiger charge is 2.36. The van der Waals surface area contributed by atoms with Crippen molar-refractivity contribution in [3.05, 3.63) is 16.4 Å². The molecule has 1 fully saturated rings. The van der Waals surface area contributed by atoms with Crippen LogP contribution in [-0.4, -0.2) is 45.0 Å². The van der Waals surface area contributed by atoms with Crippen molar-refractivity contribution >= 4 is 22.2 Å². The Morgan fingerprint density at radius 3 is 2.88 bits per heavy atom. The Bertz CT molecular complexity index is 753. The van der Waals surface area contributed by atoms with Crippen molar-refractivity contribution in [3.63, 3.8) is 0 Å². The predicted octanol–water partition coefficient (Wildman–Crippen LogP) is 2.64. The van der Waals surface area contributed by atoms with Gasteiger partial charge in [0.2, 0.25) is 16.8 Å². The van der Waals surface area contributed by atoms with Crippen molar-refractivity contribution in [2.45, 2.75) is 45.8 Å². The van der Waals surface area contributed by atoms with Crippen LogP contribution in [0.4, 0.5) is 8.78 Å². The molecule has 0 bridgehead atoms. The van der Waals surface area contributed by atoms with Crippen LogP contribution in [0.2, 0.25) is 0 Å². The third-order valence-electron chi connectivity index (χ3n) is 4.09. The standard InChI is InChI=1S/C15H20F2N4O2S/c1-9-11(21-14(18-9)24-12(19-21)8-23-3)7-20-6-10(4-13(20)22)5-15(2,16)17/h10H,4-8H2,1-3H3/t10-/m1/s1. The summed E-state index contributed by atoms with van der Waals surface area (Å²) in [7, 11) is 1.60. The number of hydrogen-bond acceptors (Lipinski definition) is 5. The molecular weight excluding hydrogens is 338 g/mol. The number of methoxy groups -OCH3 is 1. The second-order valence-corrected chi connectivity index (χ2v) is 7.43. The molecule has 0 saturated carbocycles. The van der Waals surface area contributed by atoms with Crippen molar-refractivity contribution in [1.82, 2.24) is 19.5 Å². The summed E-state index contributed by atoms with van der Waals surface area (Å²) in [4.78, 5) is 19.0. The average molecular weight is 358 g/mol. The van der Waals surface area contributed by atoms with Crippen molar-refractivity contribution in [3.8, 4) is 0 Å². The molecule has 0 radical (unpaired) electrons. The molecule has 2 aromatic heterocycles. The van der Waals surface area contributed by atoms with E-state index in [1.165, 1.54) is 11.3 Å². The van der Waals surface area contributed by atoms with Crippen molar-refractivity contribution < 1.29 is 18.3 Å². The van der Waals surface area contributed by atoms with Gasteiger partial charge < -0.3 is 9.64 Å². The van der Waals surface area contributed by atoms with E-state index >= 15 is 0 Å². The average Bonchev–Trinajstić information content (AvgIpc) is 3.05. The summed E-state index contributed by atoms with van der Waals surface area (Å²) >= 11 is 1.44. The van der Waals surface area contributed by atoms with E-state index in [9.17, 15) is 13.6 Å². The molecule has 0 N–H and O–H groups in total. The van der Waals surface area contributed by atoms with Gasteiger partial charge in [0.25, 0.3) is 0 Å². The molecule has 0 unspecified atom stereocenters. The number of alkyl halides is 2. The lowest BCUT2D eigenvalue weighted by atomic mass is 10.0. The predicted molar refractivity (Wildman–Crippen MR) is 85.1 cm³/mol. The molecule has 3 rings (SSSR count). The van der Waals surface area contributed by atoms with Crippen molar-refractivity contribution in [2.75, 3.05) is 13.7 Å². The van der Waals surface area contributed by atoms with Gasteiger partial charge in [0.1, 0.15) is 5.01 Å². The van der Waals surface area contributed by atoms with Crippen LogP contribution in [0.3, 0.4) is 0 Å². The first kappa shape index (κ1) is 17.2. The second kappa shape index (κ2) is 6.36. The Labute approximate surface area is 142 Å². The number of hydrogen-bond donors (Lipinski definition) is 0. The Hall–Kier alpha value is -1.61. The zero-order valence-corrected chi connectivity index (χ0v) is 14.7. The van der Waals surface area contributed by atoms with Crippen molar-refractivity contribution in [1.29, 1.82) is 0 Å². The molecular formula is C15H20F2N4O2S. The molecule has 1 amide bonds. The van der Waals surface area contributed by atoms with Gasteiger partial charge >= 0.3 is 0 Å². The highest BCUT2D eigenvalue weighted by atomic mass is 32.1. The Morgan fingerprint density at radius 1 is 1.46 bits per heavy atom. The normalized spacial score (nSPS) is 19.0. The van der Waals surface area contributed by atoms with Gasteiger partial charge in [-0.05, 0) is 19.8 Å². The SMILES string of the molecule is COCc1nn2c(CN3C[C@@H](CC(C)(F)F)CC3=O)c(C)nc2s1. The fraction of sp³-hybridized carbons (Fsp3) is 0.667. The van der Waals surface area contributed by atoms with E-state index in [0.29, 0.717) is 19.7 Å². The van der Waals surface area contributed by atoms with Gasteiger partial charge in [-0.25, -0.2) is 18.3 Å². The summed E-state index contributed by atoms with van der Waals surface area (Å²) < 4.78 is 33.2. The first-order valence-corrected chi connectivity index (χ1v) is 8.57. The molecule has 132 valence electrons. The fourth-order valence-electron chi connectivity index (χ4n) is 3.12. The van der Waals surface area contributed by atoms with Crippen LogP contribution in [0.1, 0.15) is 36.2 Å². The number of likely N-dealkylation sites (tertiary alicyclic amines) is 1. The monoisotopic (exact) mass is 358 g/mol. The highest BCUT2D eigenvalue weighted by molar-refractivity contribution is 7.16. The summed E-state index contributed by atoms with van der Waals surface area (Å²) in [5.74, 6) is -3.14. The topological polar surface area (TPSA) is 59.7 Å². The third kappa shape index (κ3) is 3.56. The third-order valence-corrected chi connectivity index (χ3v) is 4.97. The number of carbonyl (C=O) groups excluding carboxylic acids is 1. The number of amides is 1. The maximum Gasteiger partial charge on any atom is 0.245 e. The number of aromatic nitrogens is 3. The molecule has 0 aromatic carbocycles. The molecule has 2 aromatic rings. The summed E-state index contributed by atoms with van der Waals surface area (Å²) in [5, 5.41) is 5.26. The summed E-state index contributed by atoms with van der Waals surface area (Å²) in [5.41, 5.74) is 1.62. The summed E-state index contributed by atoms with van der Waals surface area (Å²) in [6.45, 7) is 3.86. The zero-order chi connectivity index (χ0) is 17.5. The molecule has 9 heteroatoms. The van der Waals surface area contributed by atoms with Crippen LogP contribution in [0.25, 0.3) is 4.96 Å². The number of nitrogens with zero attached hydrogens (tertiary/aromatic N) is 4. The smallest absolute Gasteiger partial charge is 0.245 e. The molecule has 3 heterocycles. The van der Waals surface area contributed by atoms with Gasteiger partial charge in [0, 0.05) is 26.5 Å². The zero-order valence-electron chi connectivity index (χ0n) is 13.9. The molecule has 1 atom stereocenters. The lowest BCUT2D eigenvalue weighted by Crippen LogP contribution is -2.26. The molecule has 0 spiro atoms. The number of fused-ring (bicyclic) bond motifs is 1. The minimum absolute atomic E-state index is 0.0917. The van der Waals surface area contributed by atoms with E-state index in [1.54, 1.807) is 16.5 Å². The molecule has 1 aliphatic rings. The number of halogens is 2. The maximum absolute atomic E-state index is 13.2. The quantitative estimate of drug-likeness (QED) is 0.797. The molecule has 24 heavy (non-hydrogen) atoms.